The molecule has 0 saturated heterocycles. The van der Waals surface area contributed by atoms with Gasteiger partial charge in [0.2, 0.25) is 0 Å². The minimum absolute atomic E-state index is 0.197. The van der Waals surface area contributed by atoms with Gasteiger partial charge < -0.3 is 0 Å². The van der Waals surface area contributed by atoms with Crippen LogP contribution < -0.4 is 0 Å². The van der Waals surface area contributed by atoms with Crippen LogP contribution >= 0.6 is 23.4 Å². The molecule has 0 fully saturated rings. The van der Waals surface area contributed by atoms with Crippen LogP contribution in [0.4, 0.5) is 4.39 Å². The van der Waals surface area contributed by atoms with Gasteiger partial charge >= 0.3 is 0 Å². The van der Waals surface area contributed by atoms with E-state index in [0.29, 0.717) is 16.3 Å². The molecule has 0 unspecified atom stereocenters. The molecule has 2 heterocycles. The third-order valence-electron chi connectivity index (χ3n) is 3.82. The molecule has 0 N–H and O–H groups in total. The predicted molar refractivity (Wildman–Crippen MR) is 99.4 cm³/mol. The van der Waals surface area contributed by atoms with E-state index >= 15 is 0 Å². The molecule has 0 saturated carbocycles. The molecule has 4 rings (SSSR count). The van der Waals surface area contributed by atoms with Gasteiger partial charge in [-0.15, -0.1) is 0 Å². The van der Waals surface area contributed by atoms with Crippen LogP contribution in [0.5, 0.6) is 0 Å². The molecule has 2 aromatic carbocycles. The highest BCUT2D eigenvalue weighted by Crippen LogP contribution is 2.29. The summed E-state index contributed by atoms with van der Waals surface area (Å²) in [6.45, 7) is 0. The van der Waals surface area contributed by atoms with E-state index in [1.54, 1.807) is 22.8 Å². The van der Waals surface area contributed by atoms with Crippen molar-refractivity contribution >= 4 is 28.9 Å². The second-order valence-corrected chi connectivity index (χ2v) is 6.88. The zero-order valence-electron chi connectivity index (χ0n) is 13.1. The van der Waals surface area contributed by atoms with E-state index in [1.165, 1.54) is 17.8 Å². The molecule has 2 aromatic heterocycles. The average molecular weight is 370 g/mol. The summed E-state index contributed by atoms with van der Waals surface area (Å²) in [7, 11) is 0. The second-order valence-electron chi connectivity index (χ2n) is 5.48. The Morgan fingerprint density at radius 3 is 2.68 bits per heavy atom. The molecule has 0 bridgehead atoms. The van der Waals surface area contributed by atoms with Crippen LogP contribution in [0.2, 0.25) is 5.02 Å². The Kier molecular flexibility index (Phi) is 4.42. The van der Waals surface area contributed by atoms with Gasteiger partial charge in [-0.25, -0.2) is 13.9 Å². The Bertz CT molecular complexity index is 1030. The molecule has 0 spiro atoms. The van der Waals surface area contributed by atoms with Crippen molar-refractivity contribution in [1.29, 1.82) is 0 Å². The maximum Gasteiger partial charge on any atom is 0.127 e. The van der Waals surface area contributed by atoms with Crippen LogP contribution in [0.25, 0.3) is 16.8 Å². The van der Waals surface area contributed by atoms with Crippen LogP contribution in [0.1, 0.15) is 5.56 Å². The number of thioether (sulfide) groups is 1. The highest BCUT2D eigenvalue weighted by molar-refractivity contribution is 7.98. The lowest BCUT2D eigenvalue weighted by atomic mass is 10.1. The van der Waals surface area contributed by atoms with Crippen molar-refractivity contribution in [3.63, 3.8) is 0 Å². The molecule has 0 aliphatic heterocycles. The number of benzene rings is 2. The third kappa shape index (κ3) is 3.38. The fraction of sp³-hybridized carbons (Fsp3) is 0.0526. The minimum atomic E-state index is -0.197. The summed E-state index contributed by atoms with van der Waals surface area (Å²) in [5, 5.41) is 6.10. The Morgan fingerprint density at radius 1 is 1.08 bits per heavy atom. The van der Waals surface area contributed by atoms with Gasteiger partial charge in [0.15, 0.2) is 0 Å². The topological polar surface area (TPSA) is 30.2 Å². The van der Waals surface area contributed by atoms with Gasteiger partial charge in [0.05, 0.1) is 11.2 Å². The van der Waals surface area contributed by atoms with E-state index in [0.717, 1.165) is 21.8 Å². The Morgan fingerprint density at radius 2 is 1.88 bits per heavy atom. The van der Waals surface area contributed by atoms with E-state index in [9.17, 15) is 4.39 Å². The van der Waals surface area contributed by atoms with E-state index < -0.39 is 0 Å². The van der Waals surface area contributed by atoms with Crippen LogP contribution in [0, 0.1) is 5.82 Å². The number of rotatable bonds is 4. The fourth-order valence-corrected chi connectivity index (χ4v) is 3.62. The lowest BCUT2D eigenvalue weighted by Gasteiger charge is -2.04. The normalized spacial score (nSPS) is 11.1. The Balaban J connectivity index is 1.66. The monoisotopic (exact) mass is 369 g/mol. The van der Waals surface area contributed by atoms with Gasteiger partial charge in [-0.05, 0) is 29.8 Å². The summed E-state index contributed by atoms with van der Waals surface area (Å²) in [6.07, 6.45) is 3.51. The smallest absolute Gasteiger partial charge is 0.127 e. The quantitative estimate of drug-likeness (QED) is 0.446. The first kappa shape index (κ1) is 16.1. The SMILES string of the molecule is Fc1ccccc1CSc1nccn2nc(-c3ccc(Cl)cc3)cc12. The van der Waals surface area contributed by atoms with Gasteiger partial charge in [-0.3, -0.25) is 0 Å². The number of fused-ring (bicyclic) bond motifs is 1. The number of hydrogen-bond acceptors (Lipinski definition) is 3. The van der Waals surface area contributed by atoms with Crippen molar-refractivity contribution in [2.24, 2.45) is 0 Å². The maximum absolute atomic E-state index is 13.8. The summed E-state index contributed by atoms with van der Waals surface area (Å²) >= 11 is 7.44. The van der Waals surface area contributed by atoms with Crippen molar-refractivity contribution in [1.82, 2.24) is 14.6 Å². The number of nitrogens with zero attached hydrogens (tertiary/aromatic N) is 3. The first-order valence-electron chi connectivity index (χ1n) is 7.67. The van der Waals surface area contributed by atoms with E-state index in [1.807, 2.05) is 42.6 Å². The summed E-state index contributed by atoms with van der Waals surface area (Å²) in [5.41, 5.74) is 3.39. The first-order chi connectivity index (χ1) is 12.2. The molecular weight excluding hydrogens is 357 g/mol. The summed E-state index contributed by atoms with van der Waals surface area (Å²) in [6, 6.07) is 16.3. The fourth-order valence-electron chi connectivity index (χ4n) is 2.53. The van der Waals surface area contributed by atoms with E-state index in [-0.39, 0.29) is 5.82 Å². The lowest BCUT2D eigenvalue weighted by Crippen LogP contribution is -1.92. The van der Waals surface area contributed by atoms with Gasteiger partial charge in [0, 0.05) is 28.7 Å². The van der Waals surface area contributed by atoms with Crippen molar-refractivity contribution < 1.29 is 4.39 Å². The van der Waals surface area contributed by atoms with Crippen LogP contribution in [-0.2, 0) is 5.75 Å². The van der Waals surface area contributed by atoms with Gasteiger partial charge in [0.25, 0.3) is 0 Å². The molecule has 0 radical (unpaired) electrons. The second kappa shape index (κ2) is 6.86. The molecule has 4 aromatic rings. The first-order valence-corrected chi connectivity index (χ1v) is 9.03. The molecule has 0 aliphatic rings. The van der Waals surface area contributed by atoms with Crippen molar-refractivity contribution in [2.75, 3.05) is 0 Å². The van der Waals surface area contributed by atoms with E-state index in [4.69, 9.17) is 11.6 Å². The summed E-state index contributed by atoms with van der Waals surface area (Å²) < 4.78 is 15.6. The van der Waals surface area contributed by atoms with Crippen molar-refractivity contribution in [3.05, 3.63) is 83.4 Å². The molecule has 0 amide bonds. The molecule has 0 atom stereocenters. The molecule has 3 nitrogen and oxygen atoms in total. The van der Waals surface area contributed by atoms with Crippen LogP contribution in [0.3, 0.4) is 0 Å². The third-order valence-corrected chi connectivity index (χ3v) is 5.11. The predicted octanol–water partition coefficient (Wildman–Crippen LogP) is 5.48. The highest BCUT2D eigenvalue weighted by Gasteiger charge is 2.10. The van der Waals surface area contributed by atoms with Gasteiger partial charge in [0.1, 0.15) is 10.8 Å². The molecule has 6 heteroatoms. The van der Waals surface area contributed by atoms with Gasteiger partial charge in [-0.2, -0.15) is 5.10 Å². The lowest BCUT2D eigenvalue weighted by molar-refractivity contribution is 0.617. The van der Waals surface area contributed by atoms with Crippen molar-refractivity contribution in [2.45, 2.75) is 10.8 Å². The molecule has 124 valence electrons. The Hall–Kier alpha value is -2.37. The van der Waals surface area contributed by atoms with Gasteiger partial charge in [-0.1, -0.05) is 53.7 Å². The molecule has 25 heavy (non-hydrogen) atoms. The standard InChI is InChI=1S/C19H13ClFN3S/c20-15-7-5-13(6-8-15)17-11-18-19(22-9-10-24(18)23-17)25-12-14-3-1-2-4-16(14)21/h1-11H,12H2. The maximum atomic E-state index is 13.8. The number of hydrogen-bond donors (Lipinski definition) is 0. The zero-order valence-corrected chi connectivity index (χ0v) is 14.6. The highest BCUT2D eigenvalue weighted by atomic mass is 35.5. The van der Waals surface area contributed by atoms with E-state index in [2.05, 4.69) is 10.1 Å². The largest absolute Gasteiger partial charge is 0.246 e. The summed E-state index contributed by atoms with van der Waals surface area (Å²) in [4.78, 5) is 4.43. The number of aromatic nitrogens is 3. The number of halogens is 2. The molecule has 0 aliphatic carbocycles. The van der Waals surface area contributed by atoms with Crippen molar-refractivity contribution in [3.8, 4) is 11.3 Å². The van der Waals surface area contributed by atoms with Crippen LogP contribution in [0.15, 0.2) is 72.0 Å². The Labute approximate surface area is 153 Å². The van der Waals surface area contributed by atoms with Crippen LogP contribution in [-0.4, -0.2) is 14.6 Å². The zero-order chi connectivity index (χ0) is 17.2. The minimum Gasteiger partial charge on any atom is -0.246 e. The average Bonchev–Trinajstić information content (AvgIpc) is 3.06. The summed E-state index contributed by atoms with van der Waals surface area (Å²) in [5.74, 6) is 0.318. The molecular formula is C19H13ClFN3S.